The Morgan fingerprint density at radius 1 is 1.67 bits per heavy atom. The third-order valence-electron chi connectivity index (χ3n) is 0.919. The Kier molecular flexibility index (Phi) is 6.58. The summed E-state index contributed by atoms with van der Waals surface area (Å²) in [4.78, 5) is 0. The van der Waals surface area contributed by atoms with Crippen LogP contribution in [0.3, 0.4) is 0 Å². The lowest BCUT2D eigenvalue weighted by Crippen LogP contribution is -2.15. The van der Waals surface area contributed by atoms with Crippen molar-refractivity contribution in [2.24, 2.45) is 5.73 Å². The number of nitrogens with two attached hydrogens (primary N) is 1. The van der Waals surface area contributed by atoms with E-state index in [-0.39, 0.29) is 0 Å². The van der Waals surface area contributed by atoms with Gasteiger partial charge < -0.3 is 10.5 Å². The number of rotatable bonds is 5. The molecule has 0 aliphatic heterocycles. The van der Waals surface area contributed by atoms with Crippen molar-refractivity contribution in [1.82, 2.24) is 0 Å². The summed E-state index contributed by atoms with van der Waals surface area (Å²) in [6, 6.07) is 0.328. The second-order valence-corrected chi connectivity index (χ2v) is 3.13. The molecule has 9 heavy (non-hydrogen) atoms. The van der Waals surface area contributed by atoms with Gasteiger partial charge in [0, 0.05) is 13.2 Å². The van der Waals surface area contributed by atoms with E-state index in [0.717, 1.165) is 18.1 Å². The van der Waals surface area contributed by atoms with Crippen molar-refractivity contribution >= 4 is 11.8 Å². The van der Waals surface area contributed by atoms with Crippen molar-refractivity contribution in [3.8, 4) is 0 Å². The molecule has 2 nitrogen and oxygen atoms in total. The molecule has 0 aromatic rings. The molecular weight excluding hydrogens is 134 g/mol. The molecule has 0 fully saturated rings. The fourth-order valence-electron chi connectivity index (χ4n) is 0.411. The van der Waals surface area contributed by atoms with Crippen LogP contribution in [0.5, 0.6) is 0 Å². The van der Waals surface area contributed by atoms with Gasteiger partial charge in [-0.05, 0) is 19.1 Å². The van der Waals surface area contributed by atoms with E-state index in [9.17, 15) is 0 Å². The van der Waals surface area contributed by atoms with E-state index in [1.807, 2.05) is 6.92 Å². The smallest absolute Gasteiger partial charge is 0.0917 e. The Bertz CT molecular complexity index is 59.0. The highest BCUT2D eigenvalue weighted by Crippen LogP contribution is 2.02. The highest BCUT2D eigenvalue weighted by molar-refractivity contribution is 7.99. The average molecular weight is 149 g/mol. The lowest BCUT2D eigenvalue weighted by Gasteiger charge is -2.02. The lowest BCUT2D eigenvalue weighted by atomic mass is 10.3. The molecule has 0 radical (unpaired) electrons. The fraction of sp³-hybridized carbons (Fsp3) is 1.00. The summed E-state index contributed by atoms with van der Waals surface area (Å²) in [6.07, 6.45) is 1.08. The summed E-state index contributed by atoms with van der Waals surface area (Å²) in [7, 11) is 1.71. The molecule has 0 aromatic heterocycles. The van der Waals surface area contributed by atoms with Crippen LogP contribution < -0.4 is 5.73 Å². The normalized spacial score (nSPS) is 13.7. The summed E-state index contributed by atoms with van der Waals surface area (Å²) in [5.41, 5.74) is 5.52. The van der Waals surface area contributed by atoms with Crippen molar-refractivity contribution in [3.05, 3.63) is 0 Å². The van der Waals surface area contributed by atoms with E-state index >= 15 is 0 Å². The number of hydrogen-bond acceptors (Lipinski definition) is 3. The maximum absolute atomic E-state index is 5.52. The molecule has 0 rings (SSSR count). The topological polar surface area (TPSA) is 35.2 Å². The first-order chi connectivity index (χ1) is 4.27. The fourth-order valence-corrected chi connectivity index (χ4v) is 1.23. The molecule has 0 amide bonds. The minimum absolute atomic E-state index is 0.328. The maximum atomic E-state index is 5.52. The van der Waals surface area contributed by atoms with Crippen molar-refractivity contribution in [1.29, 1.82) is 0 Å². The number of hydrogen-bond donors (Lipinski definition) is 1. The van der Waals surface area contributed by atoms with Gasteiger partial charge in [-0.15, -0.1) is 11.8 Å². The Balaban J connectivity index is 2.75. The molecule has 0 aliphatic rings. The highest BCUT2D eigenvalue weighted by Gasteiger charge is 1.92. The predicted molar refractivity (Wildman–Crippen MR) is 42.6 cm³/mol. The Hall–Kier alpha value is 0.270. The Morgan fingerprint density at radius 2 is 2.33 bits per heavy atom. The maximum Gasteiger partial charge on any atom is 0.0917 e. The standard InChI is InChI=1S/C6H15NOS/c1-6(7)3-4-9-5-8-2/h6H,3-5,7H2,1-2H3. The van der Waals surface area contributed by atoms with Crippen LogP contribution in [0.25, 0.3) is 0 Å². The van der Waals surface area contributed by atoms with Gasteiger partial charge in [0.1, 0.15) is 0 Å². The molecule has 0 bridgehead atoms. The summed E-state index contributed by atoms with van der Waals surface area (Å²) in [5.74, 6) is 1.89. The van der Waals surface area contributed by atoms with Gasteiger partial charge in [0.05, 0.1) is 5.94 Å². The van der Waals surface area contributed by atoms with Gasteiger partial charge in [0.15, 0.2) is 0 Å². The summed E-state index contributed by atoms with van der Waals surface area (Å²) >= 11 is 1.78. The van der Waals surface area contributed by atoms with Gasteiger partial charge in [-0.1, -0.05) is 0 Å². The molecule has 1 atom stereocenters. The molecule has 0 heterocycles. The van der Waals surface area contributed by atoms with Crippen molar-refractivity contribution < 1.29 is 4.74 Å². The summed E-state index contributed by atoms with van der Waals surface area (Å²) in [5, 5.41) is 0. The zero-order valence-electron chi connectivity index (χ0n) is 6.09. The summed E-state index contributed by atoms with van der Waals surface area (Å²) in [6.45, 7) is 2.02. The van der Waals surface area contributed by atoms with Gasteiger partial charge in [-0.3, -0.25) is 0 Å². The molecule has 0 saturated heterocycles. The Morgan fingerprint density at radius 3 is 2.78 bits per heavy atom. The zero-order chi connectivity index (χ0) is 7.11. The largest absolute Gasteiger partial charge is 0.374 e. The molecular formula is C6H15NOS. The van der Waals surface area contributed by atoms with E-state index in [4.69, 9.17) is 10.5 Å². The van der Waals surface area contributed by atoms with Crippen molar-refractivity contribution in [3.63, 3.8) is 0 Å². The average Bonchev–Trinajstić information content (AvgIpc) is 1.80. The third-order valence-corrected chi connectivity index (χ3v) is 1.85. The number of methoxy groups -OCH3 is 1. The van der Waals surface area contributed by atoms with E-state index < -0.39 is 0 Å². The van der Waals surface area contributed by atoms with Gasteiger partial charge in [-0.25, -0.2) is 0 Å². The molecule has 3 heteroatoms. The van der Waals surface area contributed by atoms with E-state index in [0.29, 0.717) is 6.04 Å². The monoisotopic (exact) mass is 149 g/mol. The molecule has 0 spiro atoms. The van der Waals surface area contributed by atoms with E-state index in [1.54, 1.807) is 18.9 Å². The second-order valence-electron chi connectivity index (χ2n) is 2.08. The zero-order valence-corrected chi connectivity index (χ0v) is 6.91. The van der Waals surface area contributed by atoms with Crippen molar-refractivity contribution in [2.75, 3.05) is 18.8 Å². The van der Waals surface area contributed by atoms with Crippen LogP contribution in [0.15, 0.2) is 0 Å². The van der Waals surface area contributed by atoms with Crippen LogP contribution in [0.2, 0.25) is 0 Å². The van der Waals surface area contributed by atoms with Crippen LogP contribution in [0, 0.1) is 0 Å². The van der Waals surface area contributed by atoms with E-state index in [1.165, 1.54) is 0 Å². The predicted octanol–water partition coefficient (Wildman–Crippen LogP) is 1.06. The van der Waals surface area contributed by atoms with Gasteiger partial charge in [-0.2, -0.15) is 0 Å². The quantitative estimate of drug-likeness (QED) is 0.469. The number of thioether (sulfide) groups is 1. The second kappa shape index (κ2) is 6.39. The third kappa shape index (κ3) is 8.27. The van der Waals surface area contributed by atoms with Gasteiger partial charge >= 0.3 is 0 Å². The lowest BCUT2D eigenvalue weighted by molar-refractivity contribution is 0.259. The molecule has 2 N–H and O–H groups in total. The molecule has 0 aromatic carbocycles. The Labute approximate surface area is 61.1 Å². The van der Waals surface area contributed by atoms with Crippen LogP contribution in [-0.2, 0) is 4.74 Å². The first kappa shape index (κ1) is 9.27. The first-order valence-corrected chi connectivity index (χ1v) is 4.25. The molecule has 1 unspecified atom stereocenters. The molecule has 0 saturated carbocycles. The minimum atomic E-state index is 0.328. The highest BCUT2D eigenvalue weighted by atomic mass is 32.2. The van der Waals surface area contributed by atoms with Crippen LogP contribution in [0.4, 0.5) is 0 Å². The van der Waals surface area contributed by atoms with Crippen LogP contribution >= 0.6 is 11.8 Å². The van der Waals surface area contributed by atoms with Crippen LogP contribution in [-0.4, -0.2) is 24.8 Å². The first-order valence-electron chi connectivity index (χ1n) is 3.09. The van der Waals surface area contributed by atoms with Crippen LogP contribution in [0.1, 0.15) is 13.3 Å². The molecule has 56 valence electrons. The summed E-state index contributed by atoms with van der Waals surface area (Å²) < 4.78 is 4.85. The number of ether oxygens (including phenoxy) is 1. The van der Waals surface area contributed by atoms with E-state index in [2.05, 4.69) is 0 Å². The van der Waals surface area contributed by atoms with Gasteiger partial charge in [0.25, 0.3) is 0 Å². The molecule has 0 aliphatic carbocycles. The SMILES string of the molecule is COCSCCC(C)N. The van der Waals surface area contributed by atoms with Crippen molar-refractivity contribution in [2.45, 2.75) is 19.4 Å². The van der Waals surface area contributed by atoms with Gasteiger partial charge in [0.2, 0.25) is 0 Å². The minimum Gasteiger partial charge on any atom is -0.374 e.